The SMILES string of the molecule is CC1(O)CCN(CCOc2ccc(S(N)(=O)=O)cc2)CC1. The summed E-state index contributed by atoms with van der Waals surface area (Å²) in [6, 6.07) is 6.06. The second-order valence-corrected chi connectivity index (χ2v) is 7.26. The molecule has 1 heterocycles. The maximum absolute atomic E-state index is 11.1. The molecule has 0 atom stereocenters. The first kappa shape index (κ1) is 16.2. The average Bonchev–Trinajstić information content (AvgIpc) is 2.40. The van der Waals surface area contributed by atoms with E-state index in [1.165, 1.54) is 12.1 Å². The maximum Gasteiger partial charge on any atom is 0.238 e. The molecule has 6 nitrogen and oxygen atoms in total. The lowest BCUT2D eigenvalue weighted by atomic mass is 9.94. The molecule has 3 N–H and O–H groups in total. The quantitative estimate of drug-likeness (QED) is 0.828. The second-order valence-electron chi connectivity index (χ2n) is 5.70. The summed E-state index contributed by atoms with van der Waals surface area (Å²) in [5.41, 5.74) is -0.541. The van der Waals surface area contributed by atoms with Crippen molar-refractivity contribution in [2.75, 3.05) is 26.2 Å². The minimum absolute atomic E-state index is 0.0770. The van der Waals surface area contributed by atoms with Crippen molar-refractivity contribution in [3.8, 4) is 5.75 Å². The van der Waals surface area contributed by atoms with Crippen LogP contribution in [0.2, 0.25) is 0 Å². The highest BCUT2D eigenvalue weighted by molar-refractivity contribution is 7.89. The lowest BCUT2D eigenvalue weighted by molar-refractivity contribution is -0.00768. The van der Waals surface area contributed by atoms with Crippen LogP contribution in [0.3, 0.4) is 0 Å². The lowest BCUT2D eigenvalue weighted by Crippen LogP contribution is -2.43. The average molecular weight is 314 g/mol. The fourth-order valence-electron chi connectivity index (χ4n) is 2.28. The molecule has 7 heteroatoms. The first-order valence-electron chi connectivity index (χ1n) is 6.97. The van der Waals surface area contributed by atoms with Crippen LogP contribution >= 0.6 is 0 Å². The van der Waals surface area contributed by atoms with Gasteiger partial charge in [0.05, 0.1) is 10.5 Å². The van der Waals surface area contributed by atoms with Crippen molar-refractivity contribution in [1.29, 1.82) is 0 Å². The van der Waals surface area contributed by atoms with E-state index in [-0.39, 0.29) is 4.90 Å². The zero-order valence-corrected chi connectivity index (χ0v) is 13.0. The van der Waals surface area contributed by atoms with Gasteiger partial charge in [-0.2, -0.15) is 0 Å². The molecule has 0 amide bonds. The number of benzene rings is 1. The maximum atomic E-state index is 11.1. The molecule has 1 aromatic carbocycles. The molecule has 0 radical (unpaired) electrons. The molecule has 1 saturated heterocycles. The summed E-state index contributed by atoms with van der Waals surface area (Å²) in [6.45, 7) is 4.90. The van der Waals surface area contributed by atoms with Crippen LogP contribution in [0.5, 0.6) is 5.75 Å². The number of sulfonamides is 1. The standard InChI is InChI=1S/C14H22N2O4S/c1-14(17)6-8-16(9-7-14)10-11-20-12-2-4-13(5-3-12)21(15,18)19/h2-5,17H,6-11H2,1H3,(H2,15,18,19). The largest absolute Gasteiger partial charge is 0.492 e. The summed E-state index contributed by atoms with van der Waals surface area (Å²) in [6.07, 6.45) is 1.55. The molecular weight excluding hydrogens is 292 g/mol. The van der Waals surface area contributed by atoms with E-state index in [0.717, 1.165) is 32.5 Å². The lowest BCUT2D eigenvalue weighted by Gasteiger charge is -2.35. The number of piperidine rings is 1. The Hall–Kier alpha value is -1.15. The van der Waals surface area contributed by atoms with Crippen molar-refractivity contribution in [2.24, 2.45) is 5.14 Å². The number of primary sulfonamides is 1. The van der Waals surface area contributed by atoms with Crippen molar-refractivity contribution in [2.45, 2.75) is 30.3 Å². The van der Waals surface area contributed by atoms with Gasteiger partial charge in [0.15, 0.2) is 0 Å². The number of aliphatic hydroxyl groups is 1. The number of nitrogens with zero attached hydrogens (tertiary/aromatic N) is 1. The summed E-state index contributed by atoms with van der Waals surface area (Å²) in [5, 5.41) is 14.9. The van der Waals surface area contributed by atoms with E-state index in [9.17, 15) is 13.5 Å². The van der Waals surface area contributed by atoms with Crippen LogP contribution < -0.4 is 9.88 Å². The third kappa shape index (κ3) is 4.96. The Morgan fingerprint density at radius 3 is 2.38 bits per heavy atom. The van der Waals surface area contributed by atoms with Crippen molar-refractivity contribution in [3.05, 3.63) is 24.3 Å². The Labute approximate surface area is 125 Å². The third-order valence-electron chi connectivity index (χ3n) is 3.76. The van der Waals surface area contributed by atoms with Gasteiger partial charge in [0.2, 0.25) is 10.0 Å². The molecule has 0 bridgehead atoms. The van der Waals surface area contributed by atoms with E-state index in [1.807, 2.05) is 6.92 Å². The van der Waals surface area contributed by atoms with E-state index < -0.39 is 15.6 Å². The summed E-state index contributed by atoms with van der Waals surface area (Å²) < 4.78 is 27.8. The van der Waals surface area contributed by atoms with E-state index in [0.29, 0.717) is 12.4 Å². The Morgan fingerprint density at radius 2 is 1.86 bits per heavy atom. The Morgan fingerprint density at radius 1 is 1.29 bits per heavy atom. The number of nitrogens with two attached hydrogens (primary N) is 1. The van der Waals surface area contributed by atoms with Gasteiger partial charge in [0, 0.05) is 19.6 Å². The predicted molar refractivity (Wildman–Crippen MR) is 79.6 cm³/mol. The third-order valence-corrected chi connectivity index (χ3v) is 4.69. The molecular formula is C14H22N2O4S. The van der Waals surface area contributed by atoms with Gasteiger partial charge in [-0.15, -0.1) is 0 Å². The first-order chi connectivity index (χ1) is 9.76. The molecule has 21 heavy (non-hydrogen) atoms. The topological polar surface area (TPSA) is 92.9 Å². The van der Waals surface area contributed by atoms with Crippen molar-refractivity contribution in [1.82, 2.24) is 4.90 Å². The number of ether oxygens (including phenoxy) is 1. The van der Waals surface area contributed by atoms with Gasteiger partial charge in [-0.05, 0) is 44.0 Å². The smallest absolute Gasteiger partial charge is 0.238 e. The molecule has 1 fully saturated rings. The van der Waals surface area contributed by atoms with Gasteiger partial charge in [0.25, 0.3) is 0 Å². The monoisotopic (exact) mass is 314 g/mol. The van der Waals surface area contributed by atoms with Gasteiger partial charge >= 0.3 is 0 Å². The van der Waals surface area contributed by atoms with Crippen LogP contribution in [0.4, 0.5) is 0 Å². The van der Waals surface area contributed by atoms with Crippen LogP contribution in [-0.2, 0) is 10.0 Å². The number of likely N-dealkylation sites (tertiary alicyclic amines) is 1. The van der Waals surface area contributed by atoms with Crippen molar-refractivity contribution >= 4 is 10.0 Å². The van der Waals surface area contributed by atoms with Crippen molar-refractivity contribution in [3.63, 3.8) is 0 Å². The highest BCUT2D eigenvalue weighted by Gasteiger charge is 2.26. The van der Waals surface area contributed by atoms with Crippen LogP contribution in [0.25, 0.3) is 0 Å². The molecule has 0 aliphatic carbocycles. The van der Waals surface area contributed by atoms with E-state index in [2.05, 4.69) is 4.90 Å². The molecule has 0 spiro atoms. The van der Waals surface area contributed by atoms with Gasteiger partial charge in [-0.3, -0.25) is 4.90 Å². The van der Waals surface area contributed by atoms with Gasteiger partial charge in [-0.1, -0.05) is 0 Å². The van der Waals surface area contributed by atoms with Crippen LogP contribution in [0.15, 0.2) is 29.2 Å². The highest BCUT2D eigenvalue weighted by Crippen LogP contribution is 2.21. The zero-order valence-electron chi connectivity index (χ0n) is 12.2. The summed E-state index contributed by atoms with van der Waals surface area (Å²) >= 11 is 0. The van der Waals surface area contributed by atoms with Gasteiger partial charge in [0.1, 0.15) is 12.4 Å². The van der Waals surface area contributed by atoms with Crippen LogP contribution in [0, 0.1) is 0 Å². The zero-order chi connectivity index (χ0) is 15.5. The summed E-state index contributed by atoms with van der Waals surface area (Å²) in [5.74, 6) is 0.617. The molecule has 0 unspecified atom stereocenters. The minimum atomic E-state index is -3.66. The first-order valence-corrected chi connectivity index (χ1v) is 8.51. The minimum Gasteiger partial charge on any atom is -0.492 e. The van der Waals surface area contributed by atoms with Crippen molar-refractivity contribution < 1.29 is 18.3 Å². The van der Waals surface area contributed by atoms with Gasteiger partial charge in [-0.25, -0.2) is 13.6 Å². The van der Waals surface area contributed by atoms with E-state index >= 15 is 0 Å². The van der Waals surface area contributed by atoms with Crippen LogP contribution in [0.1, 0.15) is 19.8 Å². The fourth-order valence-corrected chi connectivity index (χ4v) is 2.79. The second kappa shape index (κ2) is 6.31. The summed E-state index contributed by atoms with van der Waals surface area (Å²) in [7, 11) is -3.66. The number of rotatable bonds is 5. The molecule has 1 aromatic rings. The number of hydrogen-bond donors (Lipinski definition) is 2. The fraction of sp³-hybridized carbons (Fsp3) is 0.571. The Bertz CT molecular complexity index is 559. The molecule has 0 saturated carbocycles. The molecule has 2 rings (SSSR count). The molecule has 118 valence electrons. The molecule has 0 aromatic heterocycles. The van der Waals surface area contributed by atoms with Gasteiger partial charge < -0.3 is 9.84 Å². The van der Waals surface area contributed by atoms with E-state index in [4.69, 9.17) is 9.88 Å². The highest BCUT2D eigenvalue weighted by atomic mass is 32.2. The summed E-state index contributed by atoms with van der Waals surface area (Å²) in [4.78, 5) is 2.32. The molecule has 1 aliphatic rings. The Kier molecular flexibility index (Phi) is 4.88. The number of hydrogen-bond acceptors (Lipinski definition) is 5. The van der Waals surface area contributed by atoms with E-state index in [1.54, 1.807) is 12.1 Å². The van der Waals surface area contributed by atoms with Crippen LogP contribution in [-0.4, -0.2) is 50.3 Å². The predicted octanol–water partition coefficient (Wildman–Crippen LogP) is 0.560. The normalized spacial score (nSPS) is 19.4. The molecule has 1 aliphatic heterocycles. The Balaban J connectivity index is 1.77.